The van der Waals surface area contributed by atoms with Crippen LogP contribution < -0.4 is 10.5 Å². The third kappa shape index (κ3) is 4.27. The molecule has 169 valence electrons. The molecule has 1 aromatic heterocycles. The molecule has 0 atom stereocenters. The zero-order valence-corrected chi connectivity index (χ0v) is 19.3. The van der Waals surface area contributed by atoms with Crippen LogP contribution in [0.5, 0.6) is 5.75 Å². The SMILES string of the molecule is CCCc1c[c]c2c3c(C(N)=O)cccc3n(Cc3ccc(OCc4ccccc4)cc3)c2c1. The van der Waals surface area contributed by atoms with Gasteiger partial charge >= 0.3 is 0 Å². The molecule has 0 unspecified atom stereocenters. The van der Waals surface area contributed by atoms with Crippen molar-refractivity contribution in [3.63, 3.8) is 0 Å². The van der Waals surface area contributed by atoms with Gasteiger partial charge in [0, 0.05) is 22.9 Å². The Labute approximate surface area is 199 Å². The Morgan fingerprint density at radius 1 is 0.912 bits per heavy atom. The summed E-state index contributed by atoms with van der Waals surface area (Å²) in [7, 11) is 0. The van der Waals surface area contributed by atoms with Crippen LogP contribution in [0.15, 0.2) is 84.9 Å². The van der Waals surface area contributed by atoms with E-state index in [0.29, 0.717) is 18.7 Å². The van der Waals surface area contributed by atoms with E-state index in [0.717, 1.165) is 51.5 Å². The van der Waals surface area contributed by atoms with Crippen LogP contribution in [-0.2, 0) is 19.6 Å². The number of nitrogens with two attached hydrogens (primary N) is 1. The largest absolute Gasteiger partial charge is 0.489 e. The number of primary amides is 1. The van der Waals surface area contributed by atoms with E-state index in [9.17, 15) is 4.79 Å². The number of nitrogens with zero attached hydrogens (tertiary/aromatic N) is 1. The molecule has 0 fully saturated rings. The molecule has 0 saturated heterocycles. The number of fused-ring (bicyclic) bond motifs is 3. The summed E-state index contributed by atoms with van der Waals surface area (Å²) in [5.41, 5.74) is 11.8. The first-order chi connectivity index (χ1) is 16.6. The van der Waals surface area contributed by atoms with Crippen LogP contribution in [0.1, 0.15) is 40.4 Å². The molecule has 4 aromatic carbocycles. The van der Waals surface area contributed by atoms with E-state index in [2.05, 4.69) is 47.9 Å². The van der Waals surface area contributed by atoms with Crippen molar-refractivity contribution < 1.29 is 9.53 Å². The third-order valence-electron chi connectivity index (χ3n) is 6.17. The standard InChI is InChI=1S/C30H27N2O2/c1-2-7-21-14-17-25-28(18-21)32(27-11-6-10-26(29(25)27)30(31)33)19-22-12-15-24(16-13-22)34-20-23-8-4-3-5-9-23/h3-6,8-16,18H,2,7,19-20H2,1H3,(H2,31,33). The number of carbonyl (C=O) groups is 1. The number of aryl methyl sites for hydroxylation is 1. The fourth-order valence-electron chi connectivity index (χ4n) is 4.52. The molecule has 1 amide bonds. The average molecular weight is 448 g/mol. The molecule has 1 heterocycles. The van der Waals surface area contributed by atoms with Crippen LogP contribution in [0.25, 0.3) is 21.8 Å². The van der Waals surface area contributed by atoms with Crippen LogP contribution in [0.2, 0.25) is 0 Å². The molecule has 4 heteroatoms. The van der Waals surface area contributed by atoms with Crippen LogP contribution in [0.3, 0.4) is 0 Å². The lowest BCUT2D eigenvalue weighted by atomic mass is 10.0. The van der Waals surface area contributed by atoms with Crippen LogP contribution in [0.4, 0.5) is 0 Å². The minimum absolute atomic E-state index is 0.421. The average Bonchev–Trinajstić information content (AvgIpc) is 3.17. The van der Waals surface area contributed by atoms with Crippen molar-refractivity contribution in [3.05, 3.63) is 113 Å². The van der Waals surface area contributed by atoms with Crippen LogP contribution in [0, 0.1) is 6.07 Å². The second-order valence-electron chi connectivity index (χ2n) is 8.59. The van der Waals surface area contributed by atoms with Gasteiger partial charge in [-0.05, 0) is 59.5 Å². The van der Waals surface area contributed by atoms with E-state index in [1.54, 1.807) is 6.07 Å². The Kier molecular flexibility index (Phi) is 6.05. The van der Waals surface area contributed by atoms with E-state index in [-0.39, 0.29) is 0 Å². The first-order valence-electron chi connectivity index (χ1n) is 11.6. The minimum Gasteiger partial charge on any atom is -0.489 e. The first kappa shape index (κ1) is 21.8. The van der Waals surface area contributed by atoms with Crippen LogP contribution in [-0.4, -0.2) is 10.5 Å². The van der Waals surface area contributed by atoms with Gasteiger partial charge in [0.15, 0.2) is 0 Å². The van der Waals surface area contributed by atoms with Crippen molar-refractivity contribution in [3.8, 4) is 5.75 Å². The lowest BCUT2D eigenvalue weighted by Crippen LogP contribution is -2.11. The van der Waals surface area contributed by atoms with Gasteiger partial charge in [0.25, 0.3) is 0 Å². The summed E-state index contributed by atoms with van der Waals surface area (Å²) >= 11 is 0. The van der Waals surface area contributed by atoms with E-state index in [1.807, 2.05) is 48.5 Å². The summed E-state index contributed by atoms with van der Waals surface area (Å²) in [6, 6.07) is 31.8. The maximum absolute atomic E-state index is 12.2. The summed E-state index contributed by atoms with van der Waals surface area (Å²) in [6.07, 6.45) is 2.06. The first-order valence-corrected chi connectivity index (χ1v) is 11.6. The van der Waals surface area contributed by atoms with E-state index >= 15 is 0 Å². The normalized spacial score (nSPS) is 11.2. The zero-order chi connectivity index (χ0) is 23.5. The third-order valence-corrected chi connectivity index (χ3v) is 6.17. The second kappa shape index (κ2) is 9.44. The maximum atomic E-state index is 12.2. The highest BCUT2D eigenvalue weighted by atomic mass is 16.5. The number of carbonyl (C=O) groups excluding carboxylic acids is 1. The van der Waals surface area contributed by atoms with Gasteiger partial charge in [-0.25, -0.2) is 0 Å². The molecule has 0 aliphatic rings. The molecule has 2 N–H and O–H groups in total. The highest BCUT2D eigenvalue weighted by Crippen LogP contribution is 2.33. The summed E-state index contributed by atoms with van der Waals surface area (Å²) in [6.45, 7) is 3.38. The topological polar surface area (TPSA) is 57.2 Å². The molecule has 34 heavy (non-hydrogen) atoms. The van der Waals surface area contributed by atoms with Crippen molar-refractivity contribution in [1.29, 1.82) is 0 Å². The maximum Gasteiger partial charge on any atom is 0.249 e. The predicted octanol–water partition coefficient (Wildman–Crippen LogP) is 6.27. The van der Waals surface area contributed by atoms with E-state index in [4.69, 9.17) is 10.5 Å². The summed E-state index contributed by atoms with van der Waals surface area (Å²) in [4.78, 5) is 12.2. The lowest BCUT2D eigenvalue weighted by Gasteiger charge is -2.11. The second-order valence-corrected chi connectivity index (χ2v) is 8.59. The monoisotopic (exact) mass is 447 g/mol. The summed E-state index contributed by atoms with van der Waals surface area (Å²) in [5.74, 6) is 0.417. The van der Waals surface area contributed by atoms with Gasteiger partial charge in [-0.3, -0.25) is 4.79 Å². The van der Waals surface area contributed by atoms with Crippen LogP contribution >= 0.6 is 0 Å². The Morgan fingerprint density at radius 2 is 1.71 bits per heavy atom. The Balaban J connectivity index is 1.50. The molecule has 0 saturated carbocycles. The Bertz CT molecular complexity index is 1450. The van der Waals surface area contributed by atoms with E-state index in [1.165, 1.54) is 5.56 Å². The van der Waals surface area contributed by atoms with Gasteiger partial charge in [0.05, 0.1) is 11.0 Å². The predicted molar refractivity (Wildman–Crippen MR) is 137 cm³/mol. The molecule has 0 aliphatic carbocycles. The fraction of sp³-hybridized carbons (Fsp3) is 0.167. The molecule has 5 aromatic rings. The number of hydrogen-bond acceptors (Lipinski definition) is 2. The Morgan fingerprint density at radius 3 is 2.44 bits per heavy atom. The van der Waals surface area contributed by atoms with Gasteiger partial charge in [0.2, 0.25) is 5.91 Å². The molecular formula is C30H27N2O2. The van der Waals surface area contributed by atoms with Gasteiger partial charge in [-0.15, -0.1) is 0 Å². The number of rotatable bonds is 8. The van der Waals surface area contributed by atoms with Gasteiger partial charge in [0.1, 0.15) is 12.4 Å². The number of benzene rings is 4. The smallest absolute Gasteiger partial charge is 0.249 e. The van der Waals surface area contributed by atoms with E-state index < -0.39 is 5.91 Å². The summed E-state index contributed by atoms with van der Waals surface area (Å²) in [5, 5.41) is 1.81. The lowest BCUT2D eigenvalue weighted by molar-refractivity contribution is 0.100. The molecule has 1 radical (unpaired) electrons. The summed E-state index contributed by atoms with van der Waals surface area (Å²) < 4.78 is 8.20. The minimum atomic E-state index is -0.421. The van der Waals surface area contributed by atoms with Crippen molar-refractivity contribution >= 4 is 27.7 Å². The van der Waals surface area contributed by atoms with Crippen molar-refractivity contribution in [2.24, 2.45) is 5.73 Å². The van der Waals surface area contributed by atoms with Gasteiger partial charge < -0.3 is 15.0 Å². The van der Waals surface area contributed by atoms with Crippen molar-refractivity contribution in [1.82, 2.24) is 4.57 Å². The number of hydrogen-bond donors (Lipinski definition) is 1. The molecular weight excluding hydrogens is 420 g/mol. The Hall–Kier alpha value is -4.05. The molecule has 0 spiro atoms. The van der Waals surface area contributed by atoms with Gasteiger partial charge in [-0.1, -0.05) is 67.9 Å². The van der Waals surface area contributed by atoms with Crippen molar-refractivity contribution in [2.45, 2.75) is 32.9 Å². The fourth-order valence-corrected chi connectivity index (χ4v) is 4.52. The number of ether oxygens (including phenoxy) is 1. The number of amides is 1. The highest BCUT2D eigenvalue weighted by Gasteiger charge is 2.17. The van der Waals surface area contributed by atoms with Crippen molar-refractivity contribution in [2.75, 3.05) is 0 Å². The van der Waals surface area contributed by atoms with Gasteiger partial charge in [-0.2, -0.15) is 0 Å². The molecule has 0 aliphatic heterocycles. The molecule has 5 rings (SSSR count). The zero-order valence-electron chi connectivity index (χ0n) is 19.3. The molecule has 4 nitrogen and oxygen atoms in total. The molecule has 0 bridgehead atoms. The quantitative estimate of drug-likeness (QED) is 0.305. The highest BCUT2D eigenvalue weighted by molar-refractivity contribution is 6.17. The number of aromatic nitrogens is 1.